The van der Waals surface area contributed by atoms with Gasteiger partial charge in [-0.25, -0.2) is 0 Å². The molecule has 20 heavy (non-hydrogen) atoms. The fourth-order valence-corrected chi connectivity index (χ4v) is 2.35. The lowest BCUT2D eigenvalue weighted by Crippen LogP contribution is -2.04. The van der Waals surface area contributed by atoms with Crippen LogP contribution < -0.4 is 4.74 Å². The number of halogens is 2. The van der Waals surface area contributed by atoms with Gasteiger partial charge in [0.25, 0.3) is 0 Å². The molecule has 2 aromatic carbocycles. The molecule has 0 spiro atoms. The highest BCUT2D eigenvalue weighted by atomic mass is 79.9. The zero-order valence-corrected chi connectivity index (χ0v) is 13.2. The number of carbonyl (C=O) groups is 1. The lowest BCUT2D eigenvalue weighted by atomic mass is 10.0. The van der Waals surface area contributed by atoms with E-state index in [1.807, 2.05) is 24.3 Å². The van der Waals surface area contributed by atoms with Crippen molar-refractivity contribution in [1.82, 2.24) is 0 Å². The van der Waals surface area contributed by atoms with Gasteiger partial charge in [-0.2, -0.15) is 0 Å². The highest BCUT2D eigenvalue weighted by Gasteiger charge is 2.07. The van der Waals surface area contributed by atoms with E-state index < -0.39 is 0 Å². The first-order valence-electron chi connectivity index (χ1n) is 6.25. The van der Waals surface area contributed by atoms with E-state index in [9.17, 15) is 4.79 Å². The summed E-state index contributed by atoms with van der Waals surface area (Å²) in [5.74, 6) is 1.26. The predicted octanol–water partition coefficient (Wildman–Crippen LogP) is 4.49. The highest BCUT2D eigenvalue weighted by Crippen LogP contribution is 2.16. The lowest BCUT2D eigenvalue weighted by molar-refractivity contribution is 0.0993. The Morgan fingerprint density at radius 1 is 1.15 bits per heavy atom. The Balaban J connectivity index is 2.02. The minimum atomic E-state index is 0.0898. The number of rotatable bonds is 6. The molecular formula is C16H14BrClO2. The minimum absolute atomic E-state index is 0.0898. The molecule has 0 aliphatic heterocycles. The van der Waals surface area contributed by atoms with Crippen LogP contribution in [0.2, 0.25) is 0 Å². The molecule has 0 aromatic heterocycles. The molecule has 0 fully saturated rings. The fourth-order valence-electron chi connectivity index (χ4n) is 1.83. The maximum Gasteiger partial charge on any atom is 0.167 e. The summed E-state index contributed by atoms with van der Waals surface area (Å²) in [4.78, 5) is 12.2. The van der Waals surface area contributed by atoms with E-state index in [4.69, 9.17) is 16.3 Å². The molecule has 0 unspecified atom stereocenters. The van der Waals surface area contributed by atoms with E-state index in [1.165, 1.54) is 0 Å². The van der Waals surface area contributed by atoms with Crippen LogP contribution in [-0.2, 0) is 6.42 Å². The van der Waals surface area contributed by atoms with Gasteiger partial charge in [0.15, 0.2) is 5.78 Å². The summed E-state index contributed by atoms with van der Waals surface area (Å²) >= 11 is 8.96. The van der Waals surface area contributed by atoms with Gasteiger partial charge in [-0.3, -0.25) is 4.79 Å². The largest absolute Gasteiger partial charge is 0.492 e. The van der Waals surface area contributed by atoms with Crippen molar-refractivity contribution in [3.63, 3.8) is 0 Å². The first-order chi connectivity index (χ1) is 9.69. The molecule has 0 N–H and O–H groups in total. The van der Waals surface area contributed by atoms with Gasteiger partial charge in [0.1, 0.15) is 12.4 Å². The van der Waals surface area contributed by atoms with Crippen LogP contribution in [0.25, 0.3) is 0 Å². The number of Topliss-reactive ketones (excluding diaryl/α,β-unsaturated/α-hetero) is 1. The molecule has 4 heteroatoms. The number of hydrogen-bond donors (Lipinski definition) is 0. The summed E-state index contributed by atoms with van der Waals surface area (Å²) in [5.41, 5.74) is 1.68. The van der Waals surface area contributed by atoms with Gasteiger partial charge in [-0.1, -0.05) is 28.1 Å². The Morgan fingerprint density at radius 3 is 2.55 bits per heavy atom. The Kier molecular flexibility index (Phi) is 5.62. The third kappa shape index (κ3) is 4.36. The van der Waals surface area contributed by atoms with Crippen LogP contribution in [-0.4, -0.2) is 18.3 Å². The number of ketones is 1. The summed E-state index contributed by atoms with van der Waals surface area (Å²) in [7, 11) is 0. The van der Waals surface area contributed by atoms with Crippen molar-refractivity contribution < 1.29 is 9.53 Å². The monoisotopic (exact) mass is 352 g/mol. The summed E-state index contributed by atoms with van der Waals surface area (Å²) in [6.07, 6.45) is 0.390. The molecule has 0 aliphatic carbocycles. The van der Waals surface area contributed by atoms with Gasteiger partial charge >= 0.3 is 0 Å². The molecule has 2 nitrogen and oxygen atoms in total. The Morgan fingerprint density at radius 2 is 1.90 bits per heavy atom. The molecule has 2 rings (SSSR count). The van der Waals surface area contributed by atoms with Crippen molar-refractivity contribution in [2.24, 2.45) is 0 Å². The summed E-state index contributed by atoms with van der Waals surface area (Å²) in [6.45, 7) is 0.465. The van der Waals surface area contributed by atoms with Crippen molar-refractivity contribution in [3.05, 3.63) is 64.1 Å². The van der Waals surface area contributed by atoms with E-state index in [-0.39, 0.29) is 5.78 Å². The second-order valence-corrected chi connectivity index (χ2v) is 5.59. The highest BCUT2D eigenvalue weighted by molar-refractivity contribution is 9.10. The molecule has 0 heterocycles. The van der Waals surface area contributed by atoms with Crippen LogP contribution in [0.15, 0.2) is 53.0 Å². The van der Waals surface area contributed by atoms with E-state index in [0.29, 0.717) is 24.5 Å². The van der Waals surface area contributed by atoms with Crippen LogP contribution in [0.1, 0.15) is 15.9 Å². The molecule has 0 amide bonds. The average molecular weight is 354 g/mol. The van der Waals surface area contributed by atoms with E-state index in [1.54, 1.807) is 24.3 Å². The van der Waals surface area contributed by atoms with Crippen LogP contribution in [0.3, 0.4) is 0 Å². The molecule has 104 valence electrons. The molecule has 0 atom stereocenters. The number of alkyl halides is 1. The number of carbonyl (C=O) groups excluding carboxylic acids is 1. The summed E-state index contributed by atoms with van der Waals surface area (Å²) in [5, 5.41) is 0. The quantitative estimate of drug-likeness (QED) is 0.565. The zero-order chi connectivity index (χ0) is 14.4. The van der Waals surface area contributed by atoms with E-state index in [0.717, 1.165) is 15.8 Å². The van der Waals surface area contributed by atoms with Gasteiger partial charge in [-0.05, 0) is 42.0 Å². The van der Waals surface area contributed by atoms with Gasteiger partial charge in [0.2, 0.25) is 0 Å². The van der Waals surface area contributed by atoms with Crippen LogP contribution in [0.4, 0.5) is 0 Å². The van der Waals surface area contributed by atoms with Crippen molar-refractivity contribution in [3.8, 4) is 5.75 Å². The summed E-state index contributed by atoms with van der Waals surface area (Å²) in [6, 6.07) is 14.9. The number of benzene rings is 2. The standard InChI is InChI=1S/C16H14BrClO2/c17-14-3-1-2-12(10-14)11-16(19)13-4-6-15(7-5-13)20-9-8-18/h1-7,10H,8-9,11H2. The van der Waals surface area contributed by atoms with Crippen LogP contribution in [0, 0.1) is 0 Å². The maximum absolute atomic E-state index is 12.2. The summed E-state index contributed by atoms with van der Waals surface area (Å²) < 4.78 is 6.35. The fraction of sp³-hybridized carbons (Fsp3) is 0.188. The molecule has 0 saturated carbocycles. The zero-order valence-electron chi connectivity index (χ0n) is 10.8. The van der Waals surface area contributed by atoms with Crippen molar-refractivity contribution in [2.45, 2.75) is 6.42 Å². The minimum Gasteiger partial charge on any atom is -0.492 e. The molecule has 0 saturated heterocycles. The molecule has 2 aromatic rings. The normalized spacial score (nSPS) is 10.3. The van der Waals surface area contributed by atoms with Gasteiger partial charge in [0.05, 0.1) is 5.88 Å². The maximum atomic E-state index is 12.2. The van der Waals surface area contributed by atoms with Gasteiger partial charge < -0.3 is 4.74 Å². The second kappa shape index (κ2) is 7.46. The third-order valence-electron chi connectivity index (χ3n) is 2.78. The number of hydrogen-bond acceptors (Lipinski definition) is 2. The van der Waals surface area contributed by atoms with Crippen molar-refractivity contribution in [1.29, 1.82) is 0 Å². The topological polar surface area (TPSA) is 26.3 Å². The first-order valence-corrected chi connectivity index (χ1v) is 7.58. The van der Waals surface area contributed by atoms with Crippen molar-refractivity contribution in [2.75, 3.05) is 12.5 Å². The third-order valence-corrected chi connectivity index (χ3v) is 3.42. The SMILES string of the molecule is O=C(Cc1cccc(Br)c1)c1ccc(OCCCl)cc1. The molecule has 0 radical (unpaired) electrons. The molecule has 0 bridgehead atoms. The Hall–Kier alpha value is -1.32. The van der Waals surface area contributed by atoms with Crippen LogP contribution in [0.5, 0.6) is 5.75 Å². The lowest BCUT2D eigenvalue weighted by Gasteiger charge is -2.05. The average Bonchev–Trinajstić information content (AvgIpc) is 2.45. The predicted molar refractivity (Wildman–Crippen MR) is 84.8 cm³/mol. The second-order valence-electron chi connectivity index (χ2n) is 4.29. The van der Waals surface area contributed by atoms with Gasteiger partial charge in [0, 0.05) is 16.5 Å². The molecular weight excluding hydrogens is 340 g/mol. The smallest absolute Gasteiger partial charge is 0.167 e. The van der Waals surface area contributed by atoms with Gasteiger partial charge in [-0.15, -0.1) is 11.6 Å². The van der Waals surface area contributed by atoms with Crippen LogP contribution >= 0.6 is 27.5 Å². The van der Waals surface area contributed by atoms with E-state index >= 15 is 0 Å². The first kappa shape index (κ1) is 15.1. The van der Waals surface area contributed by atoms with E-state index in [2.05, 4.69) is 15.9 Å². The Bertz CT molecular complexity index is 581. The molecule has 0 aliphatic rings. The Labute approximate surface area is 131 Å². The van der Waals surface area contributed by atoms with Crippen molar-refractivity contribution >= 4 is 33.3 Å². The number of ether oxygens (including phenoxy) is 1.